The fraction of sp³-hybridized carbons (Fsp3) is 1.00. The zero-order chi connectivity index (χ0) is 12.7. The molecule has 0 aromatic heterocycles. The van der Waals surface area contributed by atoms with Crippen LogP contribution in [0.15, 0.2) is 0 Å². The van der Waals surface area contributed by atoms with Crippen LogP contribution in [0.2, 0.25) is 0 Å². The molecule has 1 heterocycles. The third-order valence-electron chi connectivity index (χ3n) is 3.80. The van der Waals surface area contributed by atoms with Crippen LogP contribution in [0.3, 0.4) is 0 Å². The van der Waals surface area contributed by atoms with Crippen molar-refractivity contribution in [3.63, 3.8) is 0 Å². The molecule has 3 heteroatoms. The minimum Gasteiger partial charge on any atom is -0.330 e. The molecule has 0 radical (unpaired) electrons. The number of nitrogens with zero attached hydrogens (tertiary/aromatic N) is 2. The zero-order valence-electron chi connectivity index (χ0n) is 12.0. The molecule has 3 nitrogen and oxygen atoms in total. The molecule has 2 N–H and O–H groups in total. The lowest BCUT2D eigenvalue weighted by atomic mass is 9.94. The van der Waals surface area contributed by atoms with E-state index in [1.54, 1.807) is 0 Å². The maximum atomic E-state index is 5.86. The Hall–Kier alpha value is -0.120. The van der Waals surface area contributed by atoms with Crippen molar-refractivity contribution in [2.24, 2.45) is 17.6 Å². The molecule has 0 saturated carbocycles. The average Bonchev–Trinajstić information content (AvgIpc) is 2.49. The Kier molecular flexibility index (Phi) is 7.09. The normalized spacial score (nSPS) is 21.7. The summed E-state index contributed by atoms with van der Waals surface area (Å²) in [7, 11) is 2.23. The lowest BCUT2D eigenvalue weighted by molar-refractivity contribution is 0.247. The predicted octanol–water partition coefficient (Wildman–Crippen LogP) is 1.64. The Morgan fingerprint density at radius 1 is 1.12 bits per heavy atom. The Balaban J connectivity index is 2.23. The molecule has 0 aliphatic carbocycles. The van der Waals surface area contributed by atoms with Crippen molar-refractivity contribution in [3.05, 3.63) is 0 Å². The molecule has 1 rings (SSSR count). The van der Waals surface area contributed by atoms with Crippen LogP contribution in [0.25, 0.3) is 0 Å². The number of rotatable bonds is 6. The summed E-state index contributed by atoms with van der Waals surface area (Å²) in [6, 6.07) is 0. The monoisotopic (exact) mass is 241 g/mol. The van der Waals surface area contributed by atoms with Gasteiger partial charge < -0.3 is 15.5 Å². The SMILES string of the molecule is CC(C)CC(CN)CCN1CCCN(C)CC1. The summed E-state index contributed by atoms with van der Waals surface area (Å²) in [6.07, 6.45) is 3.87. The van der Waals surface area contributed by atoms with Gasteiger partial charge in [0.1, 0.15) is 0 Å². The van der Waals surface area contributed by atoms with E-state index in [2.05, 4.69) is 30.7 Å². The lowest BCUT2D eigenvalue weighted by Gasteiger charge is -2.24. The van der Waals surface area contributed by atoms with E-state index in [0.717, 1.165) is 18.4 Å². The highest BCUT2D eigenvalue weighted by atomic mass is 15.2. The molecule has 0 bridgehead atoms. The van der Waals surface area contributed by atoms with Gasteiger partial charge in [0.25, 0.3) is 0 Å². The van der Waals surface area contributed by atoms with Gasteiger partial charge in [-0.2, -0.15) is 0 Å². The quantitative estimate of drug-likeness (QED) is 0.767. The summed E-state index contributed by atoms with van der Waals surface area (Å²) in [5, 5.41) is 0. The first kappa shape index (κ1) is 14.9. The van der Waals surface area contributed by atoms with Crippen LogP contribution in [0.4, 0.5) is 0 Å². The Bertz CT molecular complexity index is 194. The minimum absolute atomic E-state index is 0.719. The summed E-state index contributed by atoms with van der Waals surface area (Å²) in [6.45, 7) is 11.7. The van der Waals surface area contributed by atoms with Gasteiger partial charge in [0.2, 0.25) is 0 Å². The topological polar surface area (TPSA) is 32.5 Å². The van der Waals surface area contributed by atoms with E-state index in [1.165, 1.54) is 52.0 Å². The van der Waals surface area contributed by atoms with Gasteiger partial charge in [0.05, 0.1) is 0 Å². The Labute approximate surface area is 107 Å². The summed E-state index contributed by atoms with van der Waals surface area (Å²) in [5.41, 5.74) is 5.86. The molecule has 1 saturated heterocycles. The van der Waals surface area contributed by atoms with Gasteiger partial charge in [-0.05, 0) is 64.3 Å². The van der Waals surface area contributed by atoms with Gasteiger partial charge in [-0.1, -0.05) is 13.8 Å². The molecular formula is C14H31N3. The van der Waals surface area contributed by atoms with E-state index in [0.29, 0.717) is 0 Å². The molecule has 1 unspecified atom stereocenters. The third kappa shape index (κ3) is 6.39. The predicted molar refractivity (Wildman–Crippen MR) is 75.2 cm³/mol. The molecule has 1 aliphatic heterocycles. The van der Waals surface area contributed by atoms with Crippen molar-refractivity contribution in [2.45, 2.75) is 33.1 Å². The zero-order valence-corrected chi connectivity index (χ0v) is 12.0. The van der Waals surface area contributed by atoms with E-state index < -0.39 is 0 Å². The molecule has 0 aromatic carbocycles. The van der Waals surface area contributed by atoms with Crippen molar-refractivity contribution in [3.8, 4) is 0 Å². The number of hydrogen-bond acceptors (Lipinski definition) is 3. The summed E-state index contributed by atoms with van der Waals surface area (Å²) < 4.78 is 0. The number of likely N-dealkylation sites (N-methyl/N-ethyl adjacent to an activating group) is 1. The number of hydrogen-bond donors (Lipinski definition) is 1. The standard InChI is InChI=1S/C14H31N3/c1-13(2)11-14(12-15)5-8-17-7-4-6-16(3)9-10-17/h13-14H,4-12,15H2,1-3H3. The average molecular weight is 241 g/mol. The van der Waals surface area contributed by atoms with Crippen LogP contribution in [0.1, 0.15) is 33.1 Å². The largest absolute Gasteiger partial charge is 0.330 e. The molecule has 1 aliphatic rings. The van der Waals surface area contributed by atoms with Crippen molar-refractivity contribution in [1.82, 2.24) is 9.80 Å². The molecule has 0 spiro atoms. The lowest BCUT2D eigenvalue weighted by Crippen LogP contribution is -2.31. The van der Waals surface area contributed by atoms with Crippen LogP contribution < -0.4 is 5.73 Å². The highest BCUT2D eigenvalue weighted by Crippen LogP contribution is 2.15. The highest BCUT2D eigenvalue weighted by Gasteiger charge is 2.14. The first-order chi connectivity index (χ1) is 8.11. The summed E-state index contributed by atoms with van der Waals surface area (Å²) >= 11 is 0. The maximum Gasteiger partial charge on any atom is 0.0109 e. The van der Waals surface area contributed by atoms with Crippen LogP contribution in [0, 0.1) is 11.8 Å². The van der Waals surface area contributed by atoms with Crippen LogP contribution in [-0.2, 0) is 0 Å². The van der Waals surface area contributed by atoms with E-state index in [1.807, 2.05) is 0 Å². The van der Waals surface area contributed by atoms with E-state index in [4.69, 9.17) is 5.73 Å². The molecule has 0 aromatic rings. The van der Waals surface area contributed by atoms with E-state index in [9.17, 15) is 0 Å². The van der Waals surface area contributed by atoms with Crippen molar-refractivity contribution >= 4 is 0 Å². The third-order valence-corrected chi connectivity index (χ3v) is 3.80. The second-order valence-corrected chi connectivity index (χ2v) is 6.02. The maximum absolute atomic E-state index is 5.86. The van der Waals surface area contributed by atoms with Gasteiger partial charge >= 0.3 is 0 Å². The smallest absolute Gasteiger partial charge is 0.0109 e. The van der Waals surface area contributed by atoms with Gasteiger partial charge in [0, 0.05) is 13.1 Å². The molecule has 17 heavy (non-hydrogen) atoms. The molecule has 0 amide bonds. The second kappa shape index (κ2) is 8.06. The van der Waals surface area contributed by atoms with Crippen molar-refractivity contribution in [1.29, 1.82) is 0 Å². The van der Waals surface area contributed by atoms with Crippen LogP contribution >= 0.6 is 0 Å². The van der Waals surface area contributed by atoms with Gasteiger partial charge in [-0.25, -0.2) is 0 Å². The molecule has 1 fully saturated rings. The fourth-order valence-electron chi connectivity index (χ4n) is 2.69. The van der Waals surface area contributed by atoms with Gasteiger partial charge in [-0.15, -0.1) is 0 Å². The fourth-order valence-corrected chi connectivity index (χ4v) is 2.69. The van der Waals surface area contributed by atoms with Gasteiger partial charge in [0.15, 0.2) is 0 Å². The molecule has 102 valence electrons. The highest BCUT2D eigenvalue weighted by molar-refractivity contribution is 4.70. The van der Waals surface area contributed by atoms with Gasteiger partial charge in [-0.3, -0.25) is 0 Å². The molecule has 1 atom stereocenters. The van der Waals surface area contributed by atoms with Crippen molar-refractivity contribution < 1.29 is 0 Å². The second-order valence-electron chi connectivity index (χ2n) is 6.02. The first-order valence-corrected chi connectivity index (χ1v) is 7.22. The first-order valence-electron chi connectivity index (χ1n) is 7.22. The Morgan fingerprint density at radius 2 is 1.88 bits per heavy atom. The summed E-state index contributed by atoms with van der Waals surface area (Å²) in [5.74, 6) is 1.50. The number of nitrogens with two attached hydrogens (primary N) is 1. The van der Waals surface area contributed by atoms with Crippen LogP contribution in [0.5, 0.6) is 0 Å². The van der Waals surface area contributed by atoms with Crippen molar-refractivity contribution in [2.75, 3.05) is 46.3 Å². The Morgan fingerprint density at radius 3 is 2.53 bits per heavy atom. The van der Waals surface area contributed by atoms with E-state index >= 15 is 0 Å². The van der Waals surface area contributed by atoms with Crippen LogP contribution in [-0.4, -0.2) is 56.1 Å². The summed E-state index contributed by atoms with van der Waals surface area (Å²) in [4.78, 5) is 5.06. The molecular weight excluding hydrogens is 210 g/mol. The minimum atomic E-state index is 0.719. The van der Waals surface area contributed by atoms with E-state index in [-0.39, 0.29) is 0 Å².